The Kier molecular flexibility index (Phi) is 3.06. The standard InChI is InChI=1S/C14H17F3N2O/c15-14(16,17)13(5-1-6-13)8-19-12(20)11-10(4-7-18-11)9-2-3-9/h4,7,9,18H,1-3,5-6,8H2,(H,19,20). The summed E-state index contributed by atoms with van der Waals surface area (Å²) in [4.78, 5) is 14.9. The van der Waals surface area contributed by atoms with Crippen LogP contribution >= 0.6 is 0 Å². The van der Waals surface area contributed by atoms with Crippen LogP contribution in [0.15, 0.2) is 12.3 Å². The van der Waals surface area contributed by atoms with E-state index in [-0.39, 0.29) is 19.4 Å². The minimum Gasteiger partial charge on any atom is -0.357 e. The van der Waals surface area contributed by atoms with E-state index >= 15 is 0 Å². The molecule has 0 unspecified atom stereocenters. The smallest absolute Gasteiger partial charge is 0.357 e. The third kappa shape index (κ3) is 2.21. The number of amides is 1. The summed E-state index contributed by atoms with van der Waals surface area (Å²) in [6.45, 7) is -0.321. The van der Waals surface area contributed by atoms with Gasteiger partial charge in [-0.3, -0.25) is 4.79 Å². The van der Waals surface area contributed by atoms with Crippen molar-refractivity contribution in [3.8, 4) is 0 Å². The topological polar surface area (TPSA) is 44.9 Å². The average molecular weight is 286 g/mol. The lowest BCUT2D eigenvalue weighted by molar-refractivity contribution is -0.247. The van der Waals surface area contributed by atoms with Crippen molar-refractivity contribution in [2.24, 2.45) is 5.41 Å². The lowest BCUT2D eigenvalue weighted by Crippen LogP contribution is -2.51. The fraction of sp³-hybridized carbons (Fsp3) is 0.643. The van der Waals surface area contributed by atoms with Gasteiger partial charge in [0.15, 0.2) is 0 Å². The van der Waals surface area contributed by atoms with Gasteiger partial charge in [0.1, 0.15) is 5.69 Å². The van der Waals surface area contributed by atoms with Crippen molar-refractivity contribution in [2.45, 2.75) is 44.2 Å². The lowest BCUT2D eigenvalue weighted by Gasteiger charge is -2.43. The first-order valence-electron chi connectivity index (χ1n) is 6.95. The normalized spacial score (nSPS) is 21.4. The summed E-state index contributed by atoms with van der Waals surface area (Å²) in [6, 6.07) is 1.84. The SMILES string of the molecule is O=C(NCC1(C(F)(F)F)CCC1)c1[nH]ccc1C1CC1. The van der Waals surface area contributed by atoms with Crippen LogP contribution < -0.4 is 5.32 Å². The van der Waals surface area contributed by atoms with E-state index in [1.165, 1.54) is 0 Å². The molecule has 0 bridgehead atoms. The molecule has 3 rings (SSSR count). The van der Waals surface area contributed by atoms with E-state index in [1.54, 1.807) is 6.20 Å². The summed E-state index contributed by atoms with van der Waals surface area (Å²) in [7, 11) is 0. The molecule has 1 aromatic heterocycles. The van der Waals surface area contributed by atoms with Gasteiger partial charge in [0, 0.05) is 12.7 Å². The van der Waals surface area contributed by atoms with Crippen LogP contribution in [0.25, 0.3) is 0 Å². The van der Waals surface area contributed by atoms with Crippen LogP contribution in [0.3, 0.4) is 0 Å². The van der Waals surface area contributed by atoms with Crippen LogP contribution in [0.5, 0.6) is 0 Å². The molecule has 0 atom stereocenters. The van der Waals surface area contributed by atoms with Crippen LogP contribution in [0, 0.1) is 5.41 Å². The summed E-state index contributed by atoms with van der Waals surface area (Å²) in [6.07, 6.45) is 0.313. The van der Waals surface area contributed by atoms with Crippen molar-refractivity contribution in [1.29, 1.82) is 0 Å². The number of aromatic nitrogens is 1. The fourth-order valence-corrected chi connectivity index (χ4v) is 2.81. The number of halogens is 3. The summed E-state index contributed by atoms with van der Waals surface area (Å²) in [5.74, 6) is -0.0327. The predicted molar refractivity (Wildman–Crippen MR) is 67.4 cm³/mol. The average Bonchev–Trinajstić information content (AvgIpc) is 3.03. The Bertz CT molecular complexity index is 513. The zero-order chi connectivity index (χ0) is 14.4. The minimum absolute atomic E-state index is 0.108. The second-order valence-electron chi connectivity index (χ2n) is 5.90. The zero-order valence-corrected chi connectivity index (χ0v) is 11.0. The summed E-state index contributed by atoms with van der Waals surface area (Å²) in [5, 5.41) is 2.47. The maximum atomic E-state index is 13.0. The number of hydrogen-bond donors (Lipinski definition) is 2. The number of carbonyl (C=O) groups is 1. The van der Waals surface area contributed by atoms with E-state index < -0.39 is 17.5 Å². The Morgan fingerprint density at radius 1 is 1.40 bits per heavy atom. The Morgan fingerprint density at radius 3 is 2.60 bits per heavy atom. The van der Waals surface area contributed by atoms with Crippen molar-refractivity contribution in [3.05, 3.63) is 23.5 Å². The molecular weight excluding hydrogens is 269 g/mol. The second kappa shape index (κ2) is 4.53. The summed E-state index contributed by atoms with van der Waals surface area (Å²) in [5.41, 5.74) is -0.365. The highest BCUT2D eigenvalue weighted by Crippen LogP contribution is 2.52. The molecule has 0 saturated heterocycles. The molecule has 1 amide bonds. The van der Waals surface area contributed by atoms with Crippen LogP contribution in [0.4, 0.5) is 13.2 Å². The number of aromatic amines is 1. The molecule has 20 heavy (non-hydrogen) atoms. The number of rotatable bonds is 4. The maximum absolute atomic E-state index is 13.0. The highest BCUT2D eigenvalue weighted by atomic mass is 19.4. The lowest BCUT2D eigenvalue weighted by atomic mass is 9.68. The van der Waals surface area contributed by atoms with Gasteiger partial charge >= 0.3 is 6.18 Å². The summed E-state index contributed by atoms with van der Waals surface area (Å²) < 4.78 is 39.0. The molecule has 6 heteroatoms. The van der Waals surface area contributed by atoms with Crippen molar-refractivity contribution in [1.82, 2.24) is 10.3 Å². The van der Waals surface area contributed by atoms with E-state index in [0.717, 1.165) is 18.4 Å². The number of hydrogen-bond acceptors (Lipinski definition) is 1. The molecule has 0 aromatic carbocycles. The molecule has 3 nitrogen and oxygen atoms in total. The van der Waals surface area contributed by atoms with Gasteiger partial charge in [0.05, 0.1) is 5.41 Å². The van der Waals surface area contributed by atoms with Crippen LogP contribution in [-0.2, 0) is 0 Å². The molecule has 1 aromatic rings. The molecule has 2 N–H and O–H groups in total. The third-order valence-electron chi connectivity index (χ3n) is 4.52. The highest BCUT2D eigenvalue weighted by Gasteiger charge is 2.58. The first kappa shape index (κ1) is 13.5. The quantitative estimate of drug-likeness (QED) is 0.876. The molecule has 2 saturated carbocycles. The number of nitrogens with one attached hydrogen (secondary N) is 2. The first-order chi connectivity index (χ1) is 9.43. The second-order valence-corrected chi connectivity index (χ2v) is 5.90. The molecule has 2 aliphatic carbocycles. The van der Waals surface area contributed by atoms with Gasteiger partial charge in [-0.25, -0.2) is 0 Å². The predicted octanol–water partition coefficient (Wildman–Crippen LogP) is 3.35. The van der Waals surface area contributed by atoms with E-state index in [2.05, 4.69) is 10.3 Å². The molecule has 0 spiro atoms. The summed E-state index contributed by atoms with van der Waals surface area (Å²) >= 11 is 0. The van der Waals surface area contributed by atoms with Crippen molar-refractivity contribution < 1.29 is 18.0 Å². The molecule has 1 heterocycles. The van der Waals surface area contributed by atoms with Gasteiger partial charge in [-0.2, -0.15) is 13.2 Å². The fourth-order valence-electron chi connectivity index (χ4n) is 2.81. The van der Waals surface area contributed by atoms with E-state index in [0.29, 0.717) is 18.0 Å². The van der Waals surface area contributed by atoms with Crippen LogP contribution in [-0.4, -0.2) is 23.6 Å². The van der Waals surface area contributed by atoms with E-state index in [4.69, 9.17) is 0 Å². The molecule has 0 radical (unpaired) electrons. The molecule has 2 fully saturated rings. The monoisotopic (exact) mass is 286 g/mol. The molecule has 2 aliphatic rings. The Labute approximate surface area is 114 Å². The maximum Gasteiger partial charge on any atom is 0.396 e. The molecule has 110 valence electrons. The third-order valence-corrected chi connectivity index (χ3v) is 4.52. The van der Waals surface area contributed by atoms with Gasteiger partial charge in [0.25, 0.3) is 5.91 Å². The van der Waals surface area contributed by atoms with E-state index in [9.17, 15) is 18.0 Å². The Balaban J connectivity index is 1.66. The van der Waals surface area contributed by atoms with Crippen molar-refractivity contribution in [2.75, 3.05) is 6.54 Å². The Hall–Kier alpha value is -1.46. The number of carbonyl (C=O) groups excluding carboxylic acids is 1. The highest BCUT2D eigenvalue weighted by molar-refractivity contribution is 5.94. The van der Waals surface area contributed by atoms with Gasteiger partial charge in [-0.15, -0.1) is 0 Å². The first-order valence-corrected chi connectivity index (χ1v) is 6.95. The zero-order valence-electron chi connectivity index (χ0n) is 11.0. The van der Waals surface area contributed by atoms with Crippen molar-refractivity contribution in [3.63, 3.8) is 0 Å². The van der Waals surface area contributed by atoms with Gasteiger partial charge in [-0.05, 0) is 43.2 Å². The minimum atomic E-state index is -4.24. The van der Waals surface area contributed by atoms with Crippen LogP contribution in [0.1, 0.15) is 54.1 Å². The molecule has 0 aliphatic heterocycles. The molecular formula is C14H17F3N2O. The number of alkyl halides is 3. The van der Waals surface area contributed by atoms with Gasteiger partial charge in [-0.1, -0.05) is 6.42 Å². The number of H-pyrrole nitrogens is 1. The van der Waals surface area contributed by atoms with Gasteiger partial charge in [0.2, 0.25) is 0 Å². The van der Waals surface area contributed by atoms with E-state index in [1.807, 2.05) is 6.07 Å². The largest absolute Gasteiger partial charge is 0.396 e. The Morgan fingerprint density at radius 2 is 2.10 bits per heavy atom. The van der Waals surface area contributed by atoms with Crippen molar-refractivity contribution >= 4 is 5.91 Å². The van der Waals surface area contributed by atoms with Crippen LogP contribution in [0.2, 0.25) is 0 Å². The van der Waals surface area contributed by atoms with Gasteiger partial charge < -0.3 is 10.3 Å².